The van der Waals surface area contributed by atoms with E-state index < -0.39 is 0 Å². The molecule has 0 spiro atoms. The lowest BCUT2D eigenvalue weighted by atomic mass is 9.98. The normalized spacial score (nSPS) is 27.0. The zero-order valence-electron chi connectivity index (χ0n) is 14.1. The number of nitrogens with zero attached hydrogens (tertiary/aromatic N) is 1. The Hall–Kier alpha value is -2.13. The molecule has 2 aliphatic rings. The maximum atomic E-state index is 12.3. The number of benzene rings is 2. The molecule has 0 aliphatic carbocycles. The summed E-state index contributed by atoms with van der Waals surface area (Å²) in [6, 6.07) is 16.1. The van der Waals surface area contributed by atoms with Crippen LogP contribution in [0, 0.1) is 0 Å². The summed E-state index contributed by atoms with van der Waals surface area (Å²) >= 11 is 0. The molecule has 0 aromatic heterocycles. The predicted octanol–water partition coefficient (Wildman–Crippen LogP) is 3.59. The summed E-state index contributed by atoms with van der Waals surface area (Å²) < 4.78 is 0. The highest BCUT2D eigenvalue weighted by Crippen LogP contribution is 2.34. The van der Waals surface area contributed by atoms with Gasteiger partial charge in [0.15, 0.2) is 0 Å². The van der Waals surface area contributed by atoms with Gasteiger partial charge in [0.2, 0.25) is 5.91 Å². The van der Waals surface area contributed by atoms with Crippen LogP contribution in [0.15, 0.2) is 48.5 Å². The fourth-order valence-corrected chi connectivity index (χ4v) is 4.34. The van der Waals surface area contributed by atoms with Gasteiger partial charge in [-0.2, -0.15) is 0 Å². The summed E-state index contributed by atoms with van der Waals surface area (Å²) in [7, 11) is 2.22. The van der Waals surface area contributed by atoms with Gasteiger partial charge >= 0.3 is 0 Å². The first-order chi connectivity index (χ1) is 11.7. The predicted molar refractivity (Wildman–Crippen MR) is 98.7 cm³/mol. The van der Waals surface area contributed by atoms with Crippen LogP contribution >= 0.6 is 0 Å². The van der Waals surface area contributed by atoms with Gasteiger partial charge in [-0.05, 0) is 55.1 Å². The van der Waals surface area contributed by atoms with E-state index in [1.165, 1.54) is 23.6 Å². The third-order valence-electron chi connectivity index (χ3n) is 5.68. The van der Waals surface area contributed by atoms with E-state index >= 15 is 0 Å². The summed E-state index contributed by atoms with van der Waals surface area (Å²) in [5.41, 5.74) is 1.09. The average molecular weight is 320 g/mol. The SMILES string of the molecule is CN1[C@@H]2CC[C@H]1CC(NC(=O)/C=C/c1cccc3ccccc13)C2. The van der Waals surface area contributed by atoms with E-state index in [4.69, 9.17) is 0 Å². The number of fused-ring (bicyclic) bond motifs is 3. The fraction of sp³-hybridized carbons (Fsp3) is 0.381. The minimum Gasteiger partial charge on any atom is -0.350 e. The molecule has 1 N–H and O–H groups in total. The molecule has 0 saturated carbocycles. The van der Waals surface area contributed by atoms with Crippen LogP contribution in [0.3, 0.4) is 0 Å². The number of rotatable bonds is 3. The van der Waals surface area contributed by atoms with E-state index in [0.29, 0.717) is 18.1 Å². The van der Waals surface area contributed by atoms with Crippen molar-refractivity contribution in [3.8, 4) is 0 Å². The van der Waals surface area contributed by atoms with Crippen molar-refractivity contribution in [3.63, 3.8) is 0 Å². The monoisotopic (exact) mass is 320 g/mol. The number of amides is 1. The Labute approximate surface area is 143 Å². The molecule has 1 unspecified atom stereocenters. The van der Waals surface area contributed by atoms with E-state index in [-0.39, 0.29) is 5.91 Å². The van der Waals surface area contributed by atoms with Crippen molar-refractivity contribution in [3.05, 3.63) is 54.1 Å². The molecular formula is C21H24N2O. The second kappa shape index (κ2) is 6.40. The second-order valence-corrected chi connectivity index (χ2v) is 7.13. The number of hydrogen-bond acceptors (Lipinski definition) is 2. The lowest BCUT2D eigenvalue weighted by Crippen LogP contribution is -2.48. The molecule has 2 saturated heterocycles. The molecule has 2 aromatic rings. The highest BCUT2D eigenvalue weighted by atomic mass is 16.1. The lowest BCUT2D eigenvalue weighted by Gasteiger charge is -2.36. The fourth-order valence-electron chi connectivity index (χ4n) is 4.34. The standard InChI is InChI=1S/C21H24N2O/c1-23-18-10-11-19(23)14-17(13-18)22-21(24)12-9-16-7-4-6-15-5-2-3-8-20(15)16/h2-9,12,17-19H,10-11,13-14H2,1H3,(H,22,24)/b12-9+/t17?,18-,19+. The molecule has 2 aromatic carbocycles. The highest BCUT2D eigenvalue weighted by Gasteiger charge is 2.38. The molecule has 124 valence electrons. The first-order valence-electron chi connectivity index (χ1n) is 8.89. The third kappa shape index (κ3) is 2.96. The third-order valence-corrected chi connectivity index (χ3v) is 5.68. The van der Waals surface area contributed by atoms with Crippen molar-refractivity contribution in [2.24, 2.45) is 0 Å². The van der Waals surface area contributed by atoms with Gasteiger partial charge in [0.25, 0.3) is 0 Å². The highest BCUT2D eigenvalue weighted by molar-refractivity contribution is 5.96. The first-order valence-corrected chi connectivity index (χ1v) is 8.89. The van der Waals surface area contributed by atoms with Gasteiger partial charge in [-0.15, -0.1) is 0 Å². The Morgan fingerprint density at radius 2 is 1.79 bits per heavy atom. The molecule has 3 atom stereocenters. The number of nitrogens with one attached hydrogen (secondary N) is 1. The van der Waals surface area contributed by atoms with Gasteiger partial charge in [-0.1, -0.05) is 42.5 Å². The summed E-state index contributed by atoms with van der Waals surface area (Å²) in [5.74, 6) is 0.0249. The van der Waals surface area contributed by atoms with Crippen LogP contribution in [-0.4, -0.2) is 36.0 Å². The van der Waals surface area contributed by atoms with E-state index in [1.54, 1.807) is 6.08 Å². The molecule has 3 heteroatoms. The van der Waals surface area contributed by atoms with E-state index in [0.717, 1.165) is 18.4 Å². The number of hydrogen-bond donors (Lipinski definition) is 1. The van der Waals surface area contributed by atoms with Gasteiger partial charge in [0.1, 0.15) is 0 Å². The van der Waals surface area contributed by atoms with Crippen molar-refractivity contribution in [2.75, 3.05) is 7.05 Å². The maximum Gasteiger partial charge on any atom is 0.244 e. The van der Waals surface area contributed by atoms with E-state index in [9.17, 15) is 4.79 Å². The van der Waals surface area contributed by atoms with Crippen molar-refractivity contribution in [2.45, 2.75) is 43.8 Å². The van der Waals surface area contributed by atoms with Gasteiger partial charge in [-0.25, -0.2) is 0 Å². The van der Waals surface area contributed by atoms with Gasteiger partial charge in [-0.3, -0.25) is 4.79 Å². The average Bonchev–Trinajstić information content (AvgIpc) is 2.81. The number of piperidine rings is 1. The molecule has 1 amide bonds. The number of carbonyl (C=O) groups is 1. The molecule has 2 bridgehead atoms. The minimum absolute atomic E-state index is 0.0249. The summed E-state index contributed by atoms with van der Waals surface area (Å²) in [6.07, 6.45) is 8.34. The molecule has 0 radical (unpaired) electrons. The quantitative estimate of drug-likeness (QED) is 0.877. The van der Waals surface area contributed by atoms with Crippen molar-refractivity contribution >= 4 is 22.8 Å². The van der Waals surface area contributed by atoms with Crippen LogP contribution in [-0.2, 0) is 4.79 Å². The summed E-state index contributed by atoms with van der Waals surface area (Å²) in [6.45, 7) is 0. The van der Waals surface area contributed by atoms with Crippen LogP contribution in [0.2, 0.25) is 0 Å². The zero-order chi connectivity index (χ0) is 16.5. The summed E-state index contributed by atoms with van der Waals surface area (Å²) in [4.78, 5) is 14.8. The van der Waals surface area contributed by atoms with E-state index in [2.05, 4.69) is 41.5 Å². The Morgan fingerprint density at radius 1 is 1.08 bits per heavy atom. The van der Waals surface area contributed by atoms with Gasteiger partial charge in [0.05, 0.1) is 0 Å². The number of carbonyl (C=O) groups excluding carboxylic acids is 1. The Balaban J connectivity index is 1.43. The minimum atomic E-state index is 0.0249. The molecule has 24 heavy (non-hydrogen) atoms. The topological polar surface area (TPSA) is 32.3 Å². The molecular weight excluding hydrogens is 296 g/mol. The summed E-state index contributed by atoms with van der Waals surface area (Å²) in [5, 5.41) is 5.59. The van der Waals surface area contributed by atoms with Gasteiger partial charge in [0, 0.05) is 24.2 Å². The lowest BCUT2D eigenvalue weighted by molar-refractivity contribution is -0.117. The smallest absolute Gasteiger partial charge is 0.244 e. The maximum absolute atomic E-state index is 12.3. The van der Waals surface area contributed by atoms with Crippen LogP contribution in [0.5, 0.6) is 0 Å². The van der Waals surface area contributed by atoms with Crippen molar-refractivity contribution < 1.29 is 4.79 Å². The van der Waals surface area contributed by atoms with Crippen molar-refractivity contribution in [1.82, 2.24) is 10.2 Å². The molecule has 2 heterocycles. The van der Waals surface area contributed by atoms with E-state index in [1.807, 2.05) is 24.3 Å². The molecule has 2 aliphatic heterocycles. The van der Waals surface area contributed by atoms with Crippen molar-refractivity contribution in [1.29, 1.82) is 0 Å². The molecule has 2 fully saturated rings. The molecule has 4 rings (SSSR count). The van der Waals surface area contributed by atoms with Crippen LogP contribution in [0.4, 0.5) is 0 Å². The molecule has 3 nitrogen and oxygen atoms in total. The Bertz CT molecular complexity index is 763. The van der Waals surface area contributed by atoms with Crippen LogP contribution in [0.1, 0.15) is 31.2 Å². The van der Waals surface area contributed by atoms with Crippen LogP contribution < -0.4 is 5.32 Å². The zero-order valence-corrected chi connectivity index (χ0v) is 14.1. The van der Waals surface area contributed by atoms with Gasteiger partial charge < -0.3 is 10.2 Å². The van der Waals surface area contributed by atoms with Crippen LogP contribution in [0.25, 0.3) is 16.8 Å². The first kappa shape index (κ1) is 15.4. The Kier molecular flexibility index (Phi) is 4.11. The largest absolute Gasteiger partial charge is 0.350 e. The second-order valence-electron chi connectivity index (χ2n) is 7.13. The Morgan fingerprint density at radius 3 is 2.58 bits per heavy atom.